The van der Waals surface area contributed by atoms with Gasteiger partial charge in [0.2, 0.25) is 0 Å². The zero-order valence-electron chi connectivity index (χ0n) is 15.9. The van der Waals surface area contributed by atoms with Gasteiger partial charge in [0.15, 0.2) is 0 Å². The van der Waals surface area contributed by atoms with Gasteiger partial charge in [-0.3, -0.25) is 0 Å². The molecule has 4 heteroatoms. The molecule has 0 saturated carbocycles. The minimum Gasteiger partial charge on any atom is -0.507 e. The third kappa shape index (κ3) is 4.17. The zero-order chi connectivity index (χ0) is 18.1. The summed E-state index contributed by atoms with van der Waals surface area (Å²) in [5, 5.41) is 17.3. The van der Waals surface area contributed by atoms with E-state index in [0.29, 0.717) is 5.75 Å². The predicted molar refractivity (Wildman–Crippen MR) is 104 cm³/mol. The van der Waals surface area contributed by atoms with Crippen LogP contribution in [0.25, 0.3) is 11.3 Å². The summed E-state index contributed by atoms with van der Waals surface area (Å²) in [7, 11) is 0. The van der Waals surface area contributed by atoms with Gasteiger partial charge < -0.3 is 10.4 Å². The van der Waals surface area contributed by atoms with Crippen LogP contribution >= 0.6 is 11.3 Å². The number of aromatic nitrogens is 1. The molecule has 0 aliphatic rings. The smallest absolute Gasteiger partial charge is 0.123 e. The summed E-state index contributed by atoms with van der Waals surface area (Å²) < 4.78 is 0. The molecule has 2 rings (SSSR count). The van der Waals surface area contributed by atoms with Crippen molar-refractivity contribution in [1.29, 1.82) is 0 Å². The second kappa shape index (κ2) is 6.85. The molecule has 2 aromatic rings. The number of phenolic OH excluding ortho intramolecular Hbond substituents is 1. The highest BCUT2D eigenvalue weighted by Gasteiger charge is 2.27. The molecule has 0 unspecified atom stereocenters. The molecule has 0 aliphatic heterocycles. The van der Waals surface area contributed by atoms with Crippen LogP contribution in [-0.4, -0.2) is 16.6 Å². The van der Waals surface area contributed by atoms with Crippen LogP contribution in [0.3, 0.4) is 0 Å². The maximum absolute atomic E-state index is 10.8. The monoisotopic (exact) mass is 346 g/mol. The topological polar surface area (TPSA) is 45.2 Å². The molecule has 24 heavy (non-hydrogen) atoms. The fourth-order valence-corrected chi connectivity index (χ4v) is 3.46. The third-order valence-electron chi connectivity index (χ3n) is 4.10. The van der Waals surface area contributed by atoms with Crippen molar-refractivity contribution in [3.8, 4) is 17.0 Å². The van der Waals surface area contributed by atoms with Gasteiger partial charge in [0.1, 0.15) is 10.8 Å². The summed E-state index contributed by atoms with van der Waals surface area (Å²) in [6.07, 6.45) is 0. The Bertz CT molecular complexity index is 670. The van der Waals surface area contributed by atoms with E-state index in [-0.39, 0.29) is 10.8 Å². The van der Waals surface area contributed by atoms with Gasteiger partial charge in [-0.15, -0.1) is 11.3 Å². The SMILES string of the molecule is CCNCc1nc(-c2cc(C(C)(C)C)c(O)c(C(C)(C)C)c2)cs1. The first kappa shape index (κ1) is 18.9. The molecule has 1 aromatic carbocycles. The first-order valence-electron chi connectivity index (χ1n) is 8.57. The highest BCUT2D eigenvalue weighted by atomic mass is 32.1. The molecular formula is C20H30N2OS. The minimum absolute atomic E-state index is 0.122. The molecule has 0 aliphatic carbocycles. The lowest BCUT2D eigenvalue weighted by atomic mass is 9.78. The number of nitrogens with zero attached hydrogens (tertiary/aromatic N) is 1. The molecule has 0 radical (unpaired) electrons. The first-order valence-corrected chi connectivity index (χ1v) is 9.45. The van der Waals surface area contributed by atoms with Crippen LogP contribution in [0.2, 0.25) is 0 Å². The Hall–Kier alpha value is -1.39. The van der Waals surface area contributed by atoms with Gasteiger partial charge in [0.05, 0.1) is 5.69 Å². The van der Waals surface area contributed by atoms with Crippen molar-refractivity contribution in [3.05, 3.63) is 33.6 Å². The van der Waals surface area contributed by atoms with Gasteiger partial charge in [-0.25, -0.2) is 4.98 Å². The van der Waals surface area contributed by atoms with Crippen LogP contribution in [0.15, 0.2) is 17.5 Å². The largest absolute Gasteiger partial charge is 0.507 e. The quantitative estimate of drug-likeness (QED) is 0.798. The molecule has 1 heterocycles. The van der Waals surface area contributed by atoms with Gasteiger partial charge in [0.25, 0.3) is 0 Å². The maximum atomic E-state index is 10.8. The molecule has 0 saturated heterocycles. The minimum atomic E-state index is -0.122. The normalized spacial score (nSPS) is 12.6. The molecule has 0 atom stereocenters. The summed E-state index contributed by atoms with van der Waals surface area (Å²) in [6.45, 7) is 16.6. The standard InChI is InChI=1S/C20H30N2OS/c1-8-21-11-17-22-16(12-24-17)13-9-14(19(2,3)4)18(23)15(10-13)20(5,6)7/h9-10,12,21,23H,8,11H2,1-7H3. The summed E-state index contributed by atoms with van der Waals surface area (Å²) >= 11 is 1.68. The van der Waals surface area contributed by atoms with Crippen LogP contribution in [0.5, 0.6) is 5.75 Å². The number of thiazole rings is 1. The number of hydrogen-bond acceptors (Lipinski definition) is 4. The van der Waals surface area contributed by atoms with E-state index in [1.54, 1.807) is 11.3 Å². The Balaban J connectivity index is 2.56. The third-order valence-corrected chi connectivity index (χ3v) is 4.95. The Morgan fingerprint density at radius 2 is 1.58 bits per heavy atom. The average molecular weight is 347 g/mol. The lowest BCUT2D eigenvalue weighted by Crippen LogP contribution is -2.17. The van der Waals surface area contributed by atoms with E-state index < -0.39 is 0 Å². The van der Waals surface area contributed by atoms with Gasteiger partial charge >= 0.3 is 0 Å². The maximum Gasteiger partial charge on any atom is 0.123 e. The molecule has 3 nitrogen and oxygen atoms in total. The summed E-state index contributed by atoms with van der Waals surface area (Å²) in [6, 6.07) is 4.19. The van der Waals surface area contributed by atoms with Crippen LogP contribution in [0.1, 0.15) is 64.6 Å². The summed E-state index contributed by atoms with van der Waals surface area (Å²) in [5.74, 6) is 0.418. The van der Waals surface area contributed by atoms with Crippen molar-refractivity contribution in [2.45, 2.75) is 65.8 Å². The molecule has 1 aromatic heterocycles. The Kier molecular flexibility index (Phi) is 5.41. The van der Waals surface area contributed by atoms with Crippen molar-refractivity contribution in [2.75, 3.05) is 6.54 Å². The van der Waals surface area contributed by atoms with Crippen LogP contribution < -0.4 is 5.32 Å². The number of phenols is 1. The van der Waals surface area contributed by atoms with Gasteiger partial charge in [-0.1, -0.05) is 48.5 Å². The van der Waals surface area contributed by atoms with E-state index in [2.05, 4.69) is 71.3 Å². The van der Waals surface area contributed by atoms with Gasteiger partial charge in [0, 0.05) is 28.6 Å². The van der Waals surface area contributed by atoms with Crippen molar-refractivity contribution in [3.63, 3.8) is 0 Å². The molecule has 2 N–H and O–H groups in total. The van der Waals surface area contributed by atoms with E-state index in [1.807, 2.05) is 0 Å². The van der Waals surface area contributed by atoms with Crippen LogP contribution in [0, 0.1) is 0 Å². The molecule has 0 amide bonds. The van der Waals surface area contributed by atoms with E-state index in [0.717, 1.165) is 40.5 Å². The number of benzene rings is 1. The van der Waals surface area contributed by atoms with E-state index in [4.69, 9.17) is 4.98 Å². The van der Waals surface area contributed by atoms with Crippen LogP contribution in [0.4, 0.5) is 0 Å². The van der Waals surface area contributed by atoms with Crippen molar-refractivity contribution in [2.24, 2.45) is 0 Å². The number of hydrogen-bond donors (Lipinski definition) is 2. The highest BCUT2D eigenvalue weighted by molar-refractivity contribution is 7.09. The summed E-state index contributed by atoms with van der Waals surface area (Å²) in [4.78, 5) is 4.77. The molecule has 0 spiro atoms. The molecule has 0 bridgehead atoms. The highest BCUT2D eigenvalue weighted by Crippen LogP contribution is 2.42. The molecule has 0 fully saturated rings. The lowest BCUT2D eigenvalue weighted by Gasteiger charge is -2.28. The second-order valence-corrected chi connectivity index (χ2v) is 9.27. The van der Waals surface area contributed by atoms with Crippen molar-refractivity contribution in [1.82, 2.24) is 10.3 Å². The average Bonchev–Trinajstić information content (AvgIpc) is 2.91. The number of aromatic hydroxyl groups is 1. The number of rotatable bonds is 4. The molecule has 132 valence electrons. The lowest BCUT2D eigenvalue weighted by molar-refractivity contribution is 0.423. The van der Waals surface area contributed by atoms with Crippen LogP contribution in [-0.2, 0) is 17.4 Å². The van der Waals surface area contributed by atoms with E-state index >= 15 is 0 Å². The predicted octanol–water partition coefficient (Wildman–Crippen LogP) is 5.22. The molecular weight excluding hydrogens is 316 g/mol. The first-order chi connectivity index (χ1) is 11.0. The van der Waals surface area contributed by atoms with Crippen molar-refractivity contribution >= 4 is 11.3 Å². The zero-order valence-corrected chi connectivity index (χ0v) is 16.8. The fraction of sp³-hybridized carbons (Fsp3) is 0.550. The Morgan fingerprint density at radius 3 is 2.04 bits per heavy atom. The van der Waals surface area contributed by atoms with Crippen molar-refractivity contribution < 1.29 is 5.11 Å². The number of nitrogens with one attached hydrogen (secondary N) is 1. The summed E-state index contributed by atoms with van der Waals surface area (Å²) in [5.41, 5.74) is 3.79. The fourth-order valence-electron chi connectivity index (χ4n) is 2.68. The Labute approximate surface area is 150 Å². The van der Waals surface area contributed by atoms with E-state index in [1.165, 1.54) is 0 Å². The second-order valence-electron chi connectivity index (χ2n) is 8.33. The van der Waals surface area contributed by atoms with Gasteiger partial charge in [-0.05, 0) is 29.5 Å². The van der Waals surface area contributed by atoms with E-state index in [9.17, 15) is 5.11 Å². The van der Waals surface area contributed by atoms with Gasteiger partial charge in [-0.2, -0.15) is 0 Å². The Morgan fingerprint density at radius 1 is 1.04 bits per heavy atom.